The Morgan fingerprint density at radius 3 is 2.27 bits per heavy atom. The van der Waals surface area contributed by atoms with Crippen molar-refractivity contribution in [2.75, 3.05) is 39.0 Å². The third kappa shape index (κ3) is 2.54. The van der Waals surface area contributed by atoms with E-state index in [0.717, 1.165) is 31.9 Å². The number of nitrogens with zero attached hydrogens (tertiary/aromatic N) is 2. The van der Waals surface area contributed by atoms with E-state index in [4.69, 9.17) is 0 Å². The van der Waals surface area contributed by atoms with E-state index < -0.39 is 11.0 Å². The lowest BCUT2D eigenvalue weighted by Crippen LogP contribution is -2.45. The third-order valence-corrected chi connectivity index (χ3v) is 3.43. The molecule has 0 radical (unpaired) electrons. The summed E-state index contributed by atoms with van der Waals surface area (Å²) in [6.45, 7) is 5.97. The lowest BCUT2D eigenvalue weighted by Gasteiger charge is -2.30. The molecule has 0 aromatic heterocycles. The average Bonchev–Trinajstić information content (AvgIpc) is 2.05. The van der Waals surface area contributed by atoms with Crippen molar-refractivity contribution < 1.29 is 4.21 Å². The molecule has 0 N–H and O–H groups in total. The number of hydrogen-bond acceptors (Lipinski definition) is 2. The van der Waals surface area contributed by atoms with Gasteiger partial charge in [-0.3, -0.25) is 0 Å². The summed E-state index contributed by atoms with van der Waals surface area (Å²) in [5.41, 5.74) is 0. The molecule has 11 heavy (non-hydrogen) atoms. The number of hydrogen-bond donors (Lipinski definition) is 0. The average molecular weight is 176 g/mol. The second kappa shape index (κ2) is 4.18. The fourth-order valence-corrected chi connectivity index (χ4v) is 2.11. The topological polar surface area (TPSA) is 23.6 Å². The highest BCUT2D eigenvalue weighted by atomic mass is 32.2. The Balaban J connectivity index is 2.33. The van der Waals surface area contributed by atoms with Crippen LogP contribution in [0.3, 0.4) is 0 Å². The maximum Gasteiger partial charge on any atom is 0.0940 e. The number of likely N-dealkylation sites (N-methyl/N-ethyl adjacent to an activating group) is 1. The highest BCUT2D eigenvalue weighted by molar-refractivity contribution is 7.82. The molecule has 0 saturated carbocycles. The number of rotatable bonds is 2. The molecule has 0 aromatic rings. The molecule has 0 amide bonds. The van der Waals surface area contributed by atoms with Gasteiger partial charge in [0.05, 0.1) is 11.0 Å². The van der Waals surface area contributed by atoms with Crippen LogP contribution in [0, 0.1) is 0 Å². The minimum absolute atomic E-state index is 0.722. The molecule has 1 unspecified atom stereocenters. The molecule has 0 aromatic carbocycles. The van der Waals surface area contributed by atoms with E-state index >= 15 is 0 Å². The first kappa shape index (κ1) is 9.16. The fourth-order valence-electron chi connectivity index (χ4n) is 1.17. The molecule has 1 fully saturated rings. The van der Waals surface area contributed by atoms with Crippen LogP contribution in [-0.4, -0.2) is 52.4 Å². The zero-order valence-corrected chi connectivity index (χ0v) is 8.06. The molecular weight excluding hydrogens is 160 g/mol. The van der Waals surface area contributed by atoms with Gasteiger partial charge in [-0.15, -0.1) is 0 Å². The van der Waals surface area contributed by atoms with E-state index in [0.29, 0.717) is 0 Å². The van der Waals surface area contributed by atoms with Crippen molar-refractivity contribution in [2.45, 2.75) is 6.92 Å². The van der Waals surface area contributed by atoms with Gasteiger partial charge in [-0.2, -0.15) is 0 Å². The Kier molecular flexibility index (Phi) is 3.48. The highest BCUT2D eigenvalue weighted by Crippen LogP contribution is 2.01. The van der Waals surface area contributed by atoms with Crippen molar-refractivity contribution in [1.29, 1.82) is 0 Å². The first-order valence-corrected chi connectivity index (χ1v) is 5.33. The molecule has 1 atom stereocenters. The molecule has 1 aliphatic rings. The first-order valence-electron chi connectivity index (χ1n) is 4.06. The van der Waals surface area contributed by atoms with E-state index in [2.05, 4.69) is 16.3 Å². The normalized spacial score (nSPS) is 25.3. The van der Waals surface area contributed by atoms with Crippen molar-refractivity contribution in [2.24, 2.45) is 0 Å². The van der Waals surface area contributed by atoms with Crippen LogP contribution < -0.4 is 0 Å². The Labute approximate surface area is 71.0 Å². The summed E-state index contributed by atoms with van der Waals surface area (Å²) in [7, 11) is 1.38. The second-order valence-electron chi connectivity index (χ2n) is 2.84. The monoisotopic (exact) mass is 176 g/mol. The molecule has 66 valence electrons. The van der Waals surface area contributed by atoms with E-state index in [1.54, 1.807) is 0 Å². The van der Waals surface area contributed by atoms with Crippen LogP contribution in [0.2, 0.25) is 0 Å². The predicted molar refractivity (Wildman–Crippen MR) is 47.8 cm³/mol. The standard InChI is InChI=1S/C7H16N2OS/c1-3-11(10)9-6-4-8(2)5-7-9/h3-7H2,1-2H3. The third-order valence-electron chi connectivity index (χ3n) is 2.00. The molecule has 1 saturated heterocycles. The Morgan fingerprint density at radius 2 is 1.82 bits per heavy atom. The van der Waals surface area contributed by atoms with Crippen LogP contribution in [0.5, 0.6) is 0 Å². The van der Waals surface area contributed by atoms with Crippen molar-refractivity contribution in [3.8, 4) is 0 Å². The summed E-state index contributed by atoms with van der Waals surface area (Å²) in [6.07, 6.45) is 0. The van der Waals surface area contributed by atoms with E-state index in [9.17, 15) is 4.21 Å². The van der Waals surface area contributed by atoms with Crippen LogP contribution in [-0.2, 0) is 11.0 Å². The van der Waals surface area contributed by atoms with Gasteiger partial charge in [0.1, 0.15) is 0 Å². The molecule has 4 heteroatoms. The minimum atomic E-state index is -0.722. The molecule has 1 aliphatic heterocycles. The van der Waals surface area contributed by atoms with E-state index in [1.807, 2.05) is 6.92 Å². The van der Waals surface area contributed by atoms with Gasteiger partial charge < -0.3 is 4.90 Å². The maximum atomic E-state index is 11.3. The summed E-state index contributed by atoms with van der Waals surface area (Å²) in [4.78, 5) is 2.27. The van der Waals surface area contributed by atoms with Gasteiger partial charge in [0.2, 0.25) is 0 Å². The minimum Gasteiger partial charge on any atom is -0.304 e. The van der Waals surface area contributed by atoms with Gasteiger partial charge in [-0.1, -0.05) is 6.92 Å². The lowest BCUT2D eigenvalue weighted by molar-refractivity contribution is 0.228. The van der Waals surface area contributed by atoms with Crippen molar-refractivity contribution in [3.63, 3.8) is 0 Å². The Bertz CT molecular complexity index is 143. The molecule has 3 nitrogen and oxygen atoms in total. The van der Waals surface area contributed by atoms with Crippen LogP contribution in [0.15, 0.2) is 0 Å². The zero-order chi connectivity index (χ0) is 8.27. The molecule has 1 rings (SSSR count). The molecule has 1 heterocycles. The fraction of sp³-hybridized carbons (Fsp3) is 1.00. The van der Waals surface area contributed by atoms with E-state index in [1.165, 1.54) is 0 Å². The second-order valence-corrected chi connectivity index (χ2v) is 4.58. The number of piperazine rings is 1. The summed E-state index contributed by atoms with van der Waals surface area (Å²) in [5, 5.41) is 0. The van der Waals surface area contributed by atoms with Gasteiger partial charge in [-0.25, -0.2) is 8.51 Å². The van der Waals surface area contributed by atoms with Crippen LogP contribution in [0.1, 0.15) is 6.92 Å². The summed E-state index contributed by atoms with van der Waals surface area (Å²) >= 11 is 0. The molecule has 0 spiro atoms. The van der Waals surface area contributed by atoms with Gasteiger partial charge in [0, 0.05) is 31.9 Å². The maximum absolute atomic E-state index is 11.3. The van der Waals surface area contributed by atoms with Crippen molar-refractivity contribution in [1.82, 2.24) is 9.21 Å². The quantitative estimate of drug-likeness (QED) is 0.587. The molecule has 0 aliphatic carbocycles. The predicted octanol–water partition coefficient (Wildman–Crippen LogP) is -0.0826. The van der Waals surface area contributed by atoms with Crippen molar-refractivity contribution in [3.05, 3.63) is 0 Å². The lowest BCUT2D eigenvalue weighted by atomic mass is 10.4. The summed E-state index contributed by atoms with van der Waals surface area (Å²) in [5.74, 6) is 0.754. The van der Waals surface area contributed by atoms with Crippen LogP contribution >= 0.6 is 0 Å². The van der Waals surface area contributed by atoms with Gasteiger partial charge in [-0.05, 0) is 7.05 Å². The van der Waals surface area contributed by atoms with E-state index in [-0.39, 0.29) is 0 Å². The van der Waals surface area contributed by atoms with Gasteiger partial charge >= 0.3 is 0 Å². The van der Waals surface area contributed by atoms with Crippen LogP contribution in [0.25, 0.3) is 0 Å². The van der Waals surface area contributed by atoms with Crippen LogP contribution in [0.4, 0.5) is 0 Å². The summed E-state index contributed by atoms with van der Waals surface area (Å²) in [6, 6.07) is 0. The zero-order valence-electron chi connectivity index (χ0n) is 7.25. The van der Waals surface area contributed by atoms with Crippen molar-refractivity contribution >= 4 is 11.0 Å². The largest absolute Gasteiger partial charge is 0.304 e. The first-order chi connectivity index (χ1) is 5.24. The highest BCUT2D eigenvalue weighted by Gasteiger charge is 2.16. The molecule has 0 bridgehead atoms. The van der Waals surface area contributed by atoms with Gasteiger partial charge in [0.15, 0.2) is 0 Å². The Morgan fingerprint density at radius 1 is 1.27 bits per heavy atom. The smallest absolute Gasteiger partial charge is 0.0940 e. The SMILES string of the molecule is CCS(=O)N1CCN(C)CC1. The van der Waals surface area contributed by atoms with Gasteiger partial charge in [0.25, 0.3) is 0 Å². The Hall–Kier alpha value is 0.0700. The summed E-state index contributed by atoms with van der Waals surface area (Å²) < 4.78 is 13.3. The molecular formula is C7H16N2OS.